The third-order valence-corrected chi connectivity index (χ3v) is 3.63. The monoisotopic (exact) mass is 273 g/mol. The molecule has 1 unspecified atom stereocenters. The van der Waals surface area contributed by atoms with Crippen LogP contribution in [0.3, 0.4) is 0 Å². The van der Waals surface area contributed by atoms with Crippen molar-refractivity contribution in [1.82, 2.24) is 9.97 Å². The van der Waals surface area contributed by atoms with Crippen LogP contribution in [0.1, 0.15) is 31.0 Å². The molecule has 17 heavy (non-hydrogen) atoms. The maximum atomic E-state index is 10.9. The highest BCUT2D eigenvalue weighted by atomic mass is 35.5. The Balaban J connectivity index is 1.89. The molecule has 1 aliphatic carbocycles. The van der Waals surface area contributed by atoms with Gasteiger partial charge in [-0.25, -0.2) is 9.97 Å². The van der Waals surface area contributed by atoms with Crippen LogP contribution >= 0.6 is 11.6 Å². The zero-order valence-corrected chi connectivity index (χ0v) is 11.4. The lowest BCUT2D eigenvalue weighted by molar-refractivity contribution is 0.685. The average molecular weight is 274 g/mol. The molecule has 1 fully saturated rings. The normalized spacial score (nSPS) is 16.8. The largest absolute Gasteiger partial charge is 0.370 e. The van der Waals surface area contributed by atoms with Gasteiger partial charge in [-0.05, 0) is 19.3 Å². The molecule has 2 rings (SSSR count). The van der Waals surface area contributed by atoms with E-state index in [2.05, 4.69) is 15.3 Å². The van der Waals surface area contributed by atoms with Crippen molar-refractivity contribution in [3.8, 4) is 0 Å². The van der Waals surface area contributed by atoms with Crippen molar-refractivity contribution in [2.75, 3.05) is 23.9 Å². The van der Waals surface area contributed by atoms with Gasteiger partial charge < -0.3 is 5.32 Å². The van der Waals surface area contributed by atoms with Gasteiger partial charge in [0.15, 0.2) is 0 Å². The summed E-state index contributed by atoms with van der Waals surface area (Å²) < 4.78 is 10.9. The van der Waals surface area contributed by atoms with Gasteiger partial charge >= 0.3 is 0 Å². The first kappa shape index (κ1) is 12.8. The van der Waals surface area contributed by atoms with Gasteiger partial charge in [0.25, 0.3) is 0 Å². The SMILES string of the molecule is CS(=O)CCCNc1cc(Cl)nc(C2CC2)n1. The van der Waals surface area contributed by atoms with E-state index in [9.17, 15) is 4.21 Å². The van der Waals surface area contributed by atoms with E-state index < -0.39 is 10.8 Å². The molecular weight excluding hydrogens is 258 g/mol. The fourth-order valence-electron chi connectivity index (χ4n) is 1.54. The first-order valence-electron chi connectivity index (χ1n) is 5.73. The molecular formula is C11H16ClN3OS. The van der Waals surface area contributed by atoms with Gasteiger partial charge in [0.1, 0.15) is 16.8 Å². The second-order valence-electron chi connectivity index (χ2n) is 4.27. The minimum atomic E-state index is -0.728. The van der Waals surface area contributed by atoms with Crippen LogP contribution in [0.15, 0.2) is 6.07 Å². The van der Waals surface area contributed by atoms with Gasteiger partial charge in [-0.1, -0.05) is 11.6 Å². The summed E-state index contributed by atoms with van der Waals surface area (Å²) in [6.07, 6.45) is 4.90. The number of rotatable bonds is 6. The molecule has 0 aliphatic heterocycles. The number of nitrogens with one attached hydrogen (secondary N) is 1. The summed E-state index contributed by atoms with van der Waals surface area (Å²) in [6.45, 7) is 0.761. The van der Waals surface area contributed by atoms with E-state index in [0.717, 1.165) is 37.4 Å². The van der Waals surface area contributed by atoms with Crippen molar-refractivity contribution in [2.24, 2.45) is 0 Å². The highest BCUT2D eigenvalue weighted by Crippen LogP contribution is 2.38. The van der Waals surface area contributed by atoms with Crippen LogP contribution in [0.2, 0.25) is 5.15 Å². The van der Waals surface area contributed by atoms with Crippen molar-refractivity contribution < 1.29 is 4.21 Å². The molecule has 0 spiro atoms. The molecule has 0 radical (unpaired) electrons. The number of aromatic nitrogens is 2. The molecule has 0 aromatic carbocycles. The molecule has 1 N–H and O–H groups in total. The third-order valence-electron chi connectivity index (χ3n) is 2.57. The Kier molecular flexibility index (Phi) is 4.34. The van der Waals surface area contributed by atoms with Crippen LogP contribution in [-0.4, -0.2) is 32.7 Å². The minimum absolute atomic E-state index is 0.489. The lowest BCUT2D eigenvalue weighted by Gasteiger charge is -2.07. The zero-order valence-electron chi connectivity index (χ0n) is 9.78. The number of hydrogen-bond acceptors (Lipinski definition) is 4. The van der Waals surface area contributed by atoms with Crippen molar-refractivity contribution in [2.45, 2.75) is 25.2 Å². The molecule has 1 saturated carbocycles. The Bertz CT molecular complexity index is 423. The molecule has 0 bridgehead atoms. The predicted molar refractivity (Wildman–Crippen MR) is 71.1 cm³/mol. The van der Waals surface area contributed by atoms with Gasteiger partial charge in [-0.15, -0.1) is 0 Å². The first-order chi connectivity index (χ1) is 8.15. The number of hydrogen-bond donors (Lipinski definition) is 1. The summed E-state index contributed by atoms with van der Waals surface area (Å²) >= 11 is 5.95. The summed E-state index contributed by atoms with van der Waals surface area (Å²) in [6, 6.07) is 1.73. The average Bonchev–Trinajstić information content (AvgIpc) is 3.07. The smallest absolute Gasteiger partial charge is 0.135 e. The first-order valence-corrected chi connectivity index (χ1v) is 7.84. The number of anilines is 1. The Labute approximate surface area is 109 Å². The van der Waals surface area contributed by atoms with Crippen molar-refractivity contribution >= 4 is 28.2 Å². The molecule has 6 heteroatoms. The summed E-state index contributed by atoms with van der Waals surface area (Å²) in [5, 5.41) is 3.68. The van der Waals surface area contributed by atoms with Gasteiger partial charge in [0.2, 0.25) is 0 Å². The molecule has 1 aliphatic rings. The van der Waals surface area contributed by atoms with E-state index in [1.807, 2.05) is 0 Å². The lowest BCUT2D eigenvalue weighted by Crippen LogP contribution is -2.08. The molecule has 4 nitrogen and oxygen atoms in total. The number of halogens is 1. The highest BCUT2D eigenvalue weighted by Gasteiger charge is 2.27. The Hall–Kier alpha value is -0.680. The zero-order chi connectivity index (χ0) is 12.3. The quantitative estimate of drug-likeness (QED) is 0.638. The topological polar surface area (TPSA) is 54.9 Å². The summed E-state index contributed by atoms with van der Waals surface area (Å²) in [5.41, 5.74) is 0. The second kappa shape index (κ2) is 5.78. The lowest BCUT2D eigenvalue weighted by atomic mass is 10.4. The maximum Gasteiger partial charge on any atom is 0.135 e. The standard InChI is InChI=1S/C11H16ClN3OS/c1-17(16)6-2-5-13-10-7-9(12)14-11(15-10)8-3-4-8/h7-8H,2-6H2,1H3,(H,13,14,15). The predicted octanol–water partition coefficient (Wildman–Crippen LogP) is 2.19. The van der Waals surface area contributed by atoms with Crippen LogP contribution in [0, 0.1) is 0 Å². The molecule has 1 heterocycles. The minimum Gasteiger partial charge on any atom is -0.370 e. The second-order valence-corrected chi connectivity index (χ2v) is 6.21. The van der Waals surface area contributed by atoms with E-state index in [-0.39, 0.29) is 0 Å². The Morgan fingerprint density at radius 2 is 2.29 bits per heavy atom. The van der Waals surface area contributed by atoms with E-state index in [0.29, 0.717) is 16.8 Å². The molecule has 94 valence electrons. The van der Waals surface area contributed by atoms with Crippen LogP contribution in [0.25, 0.3) is 0 Å². The van der Waals surface area contributed by atoms with E-state index >= 15 is 0 Å². The molecule has 1 aromatic heterocycles. The maximum absolute atomic E-state index is 10.9. The molecule has 1 atom stereocenters. The van der Waals surface area contributed by atoms with Crippen molar-refractivity contribution in [3.63, 3.8) is 0 Å². The molecule has 0 saturated heterocycles. The fourth-order valence-corrected chi connectivity index (χ4v) is 2.28. The van der Waals surface area contributed by atoms with Crippen molar-refractivity contribution in [1.29, 1.82) is 0 Å². The van der Waals surface area contributed by atoms with Gasteiger partial charge in [-0.3, -0.25) is 4.21 Å². The fraction of sp³-hybridized carbons (Fsp3) is 0.636. The van der Waals surface area contributed by atoms with Gasteiger partial charge in [0, 0.05) is 41.3 Å². The van der Waals surface area contributed by atoms with Gasteiger partial charge in [-0.2, -0.15) is 0 Å². The van der Waals surface area contributed by atoms with Crippen LogP contribution < -0.4 is 5.32 Å². The summed E-state index contributed by atoms with van der Waals surface area (Å²) in [5.74, 6) is 2.83. The van der Waals surface area contributed by atoms with Crippen LogP contribution in [0.5, 0.6) is 0 Å². The van der Waals surface area contributed by atoms with Gasteiger partial charge in [0.05, 0.1) is 0 Å². The van der Waals surface area contributed by atoms with Crippen molar-refractivity contribution in [3.05, 3.63) is 17.0 Å². The Morgan fingerprint density at radius 1 is 1.53 bits per heavy atom. The van der Waals surface area contributed by atoms with E-state index in [1.165, 1.54) is 0 Å². The van der Waals surface area contributed by atoms with E-state index in [4.69, 9.17) is 11.6 Å². The summed E-state index contributed by atoms with van der Waals surface area (Å²) in [7, 11) is -0.728. The molecule has 1 aromatic rings. The Morgan fingerprint density at radius 3 is 2.94 bits per heavy atom. The highest BCUT2D eigenvalue weighted by molar-refractivity contribution is 7.84. The molecule has 0 amide bonds. The third kappa shape index (κ3) is 4.24. The summed E-state index contributed by atoms with van der Waals surface area (Å²) in [4.78, 5) is 8.65. The van der Waals surface area contributed by atoms with E-state index in [1.54, 1.807) is 12.3 Å². The van der Waals surface area contributed by atoms with Crippen LogP contribution in [-0.2, 0) is 10.8 Å². The number of nitrogens with zero attached hydrogens (tertiary/aromatic N) is 2. The van der Waals surface area contributed by atoms with Crippen LogP contribution in [0.4, 0.5) is 5.82 Å².